The number of rotatable bonds is 4. The summed E-state index contributed by atoms with van der Waals surface area (Å²) in [5.74, 6) is -0.536. The molecule has 25 heavy (non-hydrogen) atoms. The molecule has 136 valence electrons. The van der Waals surface area contributed by atoms with Crippen molar-refractivity contribution in [2.45, 2.75) is 31.5 Å². The van der Waals surface area contributed by atoms with E-state index in [9.17, 15) is 9.90 Å². The largest absolute Gasteiger partial charge is 0.457 e. The second kappa shape index (κ2) is 7.26. The zero-order valence-electron chi connectivity index (χ0n) is 13.3. The van der Waals surface area contributed by atoms with Gasteiger partial charge in [0.15, 0.2) is 12.3 Å². The third-order valence-electron chi connectivity index (χ3n) is 3.89. The number of imidazole rings is 1. The highest BCUT2D eigenvalue weighted by molar-refractivity contribution is 6.42. The first-order valence-corrected chi connectivity index (χ1v) is 8.49. The number of carbonyl (C=O) groups is 1. The van der Waals surface area contributed by atoms with E-state index in [2.05, 4.69) is 4.98 Å². The van der Waals surface area contributed by atoms with Crippen molar-refractivity contribution < 1.29 is 24.1 Å². The number of fused-ring (bicyclic) bond motifs is 1. The van der Waals surface area contributed by atoms with Crippen LogP contribution >= 0.6 is 34.8 Å². The van der Waals surface area contributed by atoms with Crippen LogP contribution in [0.5, 0.6) is 0 Å². The molecule has 1 saturated heterocycles. The molecule has 1 N–H and O–H groups in total. The minimum absolute atomic E-state index is 0.0806. The first-order chi connectivity index (χ1) is 11.8. The molecule has 1 aliphatic heterocycles. The molecule has 0 amide bonds. The normalized spacial score (nSPS) is 26.3. The number of aliphatic hydroxyl groups excluding tert-OH is 1. The Morgan fingerprint density at radius 2 is 2.04 bits per heavy atom. The zero-order valence-corrected chi connectivity index (χ0v) is 15.5. The van der Waals surface area contributed by atoms with Gasteiger partial charge in [0.05, 0.1) is 27.7 Å². The molecule has 1 aromatic heterocycles. The summed E-state index contributed by atoms with van der Waals surface area (Å²) in [6.07, 6.45) is -3.67. The Balaban J connectivity index is 2.04. The standard InChI is InChI=1S/C15H15Cl3N2O5/c1-6(21)24-13-11(5-23-2)25-14(12(13)22)20-10-4-8(17)7(16)3-9(10)19-15(20)18/h3-4,11-14,22H,5H2,1-2H3/t11-,12-,13-,14-/m1/s1. The highest BCUT2D eigenvalue weighted by Gasteiger charge is 2.47. The van der Waals surface area contributed by atoms with E-state index in [0.29, 0.717) is 21.1 Å². The van der Waals surface area contributed by atoms with E-state index in [-0.39, 0.29) is 11.9 Å². The van der Waals surface area contributed by atoms with Gasteiger partial charge < -0.3 is 19.3 Å². The van der Waals surface area contributed by atoms with E-state index < -0.39 is 30.5 Å². The van der Waals surface area contributed by atoms with Crippen molar-refractivity contribution in [2.24, 2.45) is 0 Å². The molecule has 0 saturated carbocycles. The minimum atomic E-state index is -1.17. The molecule has 0 aliphatic carbocycles. The monoisotopic (exact) mass is 408 g/mol. The van der Waals surface area contributed by atoms with Gasteiger partial charge in [0.2, 0.25) is 5.28 Å². The third kappa shape index (κ3) is 3.45. The number of aromatic nitrogens is 2. The maximum absolute atomic E-state index is 11.3. The van der Waals surface area contributed by atoms with Gasteiger partial charge in [-0.15, -0.1) is 0 Å². The highest BCUT2D eigenvalue weighted by Crippen LogP contribution is 2.38. The van der Waals surface area contributed by atoms with Gasteiger partial charge in [-0.3, -0.25) is 9.36 Å². The molecule has 0 radical (unpaired) electrons. The van der Waals surface area contributed by atoms with Crippen molar-refractivity contribution >= 4 is 51.8 Å². The summed E-state index contributed by atoms with van der Waals surface area (Å²) in [4.78, 5) is 15.5. The quantitative estimate of drug-likeness (QED) is 0.782. The van der Waals surface area contributed by atoms with Crippen LogP contribution in [0.2, 0.25) is 15.3 Å². The summed E-state index contributed by atoms with van der Waals surface area (Å²) in [5, 5.41) is 11.4. The number of hydrogen-bond donors (Lipinski definition) is 1. The van der Waals surface area contributed by atoms with Crippen LogP contribution in [0.3, 0.4) is 0 Å². The molecule has 0 unspecified atom stereocenters. The van der Waals surface area contributed by atoms with Gasteiger partial charge in [-0.2, -0.15) is 0 Å². The van der Waals surface area contributed by atoms with Crippen LogP contribution in [0.15, 0.2) is 12.1 Å². The Bertz CT molecular complexity index is 812. The summed E-state index contributed by atoms with van der Waals surface area (Å²) < 4.78 is 17.6. The van der Waals surface area contributed by atoms with Crippen LogP contribution < -0.4 is 0 Å². The molecule has 1 fully saturated rings. The lowest BCUT2D eigenvalue weighted by Gasteiger charge is -2.20. The van der Waals surface area contributed by atoms with Crippen molar-refractivity contribution in [3.05, 3.63) is 27.5 Å². The Kier molecular flexibility index (Phi) is 5.43. The smallest absolute Gasteiger partial charge is 0.303 e. The predicted octanol–water partition coefficient (Wildman–Crippen LogP) is 2.83. The van der Waals surface area contributed by atoms with Crippen molar-refractivity contribution in [1.82, 2.24) is 9.55 Å². The van der Waals surface area contributed by atoms with E-state index in [1.165, 1.54) is 18.6 Å². The second-order valence-corrected chi connectivity index (χ2v) is 6.74. The van der Waals surface area contributed by atoms with Gasteiger partial charge in [-0.05, 0) is 23.7 Å². The van der Waals surface area contributed by atoms with Crippen LogP contribution in [0, 0.1) is 0 Å². The van der Waals surface area contributed by atoms with Gasteiger partial charge >= 0.3 is 5.97 Å². The number of nitrogens with zero attached hydrogens (tertiary/aromatic N) is 2. The van der Waals surface area contributed by atoms with Crippen LogP contribution in [0.4, 0.5) is 0 Å². The predicted molar refractivity (Wildman–Crippen MR) is 92.1 cm³/mol. The molecule has 2 aromatic rings. The van der Waals surface area contributed by atoms with Crippen LogP contribution in [0.25, 0.3) is 11.0 Å². The van der Waals surface area contributed by atoms with E-state index in [1.807, 2.05) is 0 Å². The number of hydrogen-bond acceptors (Lipinski definition) is 6. The maximum atomic E-state index is 11.3. The fourth-order valence-electron chi connectivity index (χ4n) is 2.87. The lowest BCUT2D eigenvalue weighted by atomic mass is 10.1. The van der Waals surface area contributed by atoms with Crippen molar-refractivity contribution in [3.63, 3.8) is 0 Å². The van der Waals surface area contributed by atoms with Crippen molar-refractivity contribution in [3.8, 4) is 0 Å². The third-order valence-corrected chi connectivity index (χ3v) is 4.87. The minimum Gasteiger partial charge on any atom is -0.457 e. The van der Waals surface area contributed by atoms with Gasteiger partial charge in [0.1, 0.15) is 12.2 Å². The Morgan fingerprint density at radius 3 is 2.68 bits per heavy atom. The molecule has 3 rings (SSSR count). The van der Waals surface area contributed by atoms with Crippen molar-refractivity contribution in [2.75, 3.05) is 13.7 Å². The van der Waals surface area contributed by atoms with E-state index in [0.717, 1.165) is 0 Å². The van der Waals surface area contributed by atoms with Gasteiger partial charge in [0, 0.05) is 14.0 Å². The second-order valence-electron chi connectivity index (χ2n) is 5.59. The fraction of sp³-hybridized carbons (Fsp3) is 0.467. The van der Waals surface area contributed by atoms with Crippen LogP contribution in [0.1, 0.15) is 13.2 Å². The molecular formula is C15H15Cl3N2O5. The summed E-state index contributed by atoms with van der Waals surface area (Å²) in [7, 11) is 1.48. The average molecular weight is 410 g/mol. The molecule has 0 bridgehead atoms. The van der Waals surface area contributed by atoms with Crippen LogP contribution in [-0.4, -0.2) is 52.7 Å². The highest BCUT2D eigenvalue weighted by atomic mass is 35.5. The number of esters is 1. The Morgan fingerprint density at radius 1 is 1.36 bits per heavy atom. The van der Waals surface area contributed by atoms with Gasteiger partial charge in [0.25, 0.3) is 0 Å². The number of methoxy groups -OCH3 is 1. The van der Waals surface area contributed by atoms with E-state index in [1.54, 1.807) is 12.1 Å². The van der Waals surface area contributed by atoms with Crippen molar-refractivity contribution in [1.29, 1.82) is 0 Å². The maximum Gasteiger partial charge on any atom is 0.303 e. The number of benzene rings is 1. The number of ether oxygens (including phenoxy) is 3. The molecule has 10 heteroatoms. The number of halogens is 3. The van der Waals surface area contributed by atoms with Gasteiger partial charge in [-0.25, -0.2) is 4.98 Å². The lowest BCUT2D eigenvalue weighted by molar-refractivity contribution is -0.154. The molecule has 4 atom stereocenters. The fourth-order valence-corrected chi connectivity index (χ4v) is 3.47. The van der Waals surface area contributed by atoms with Crippen LogP contribution in [-0.2, 0) is 19.0 Å². The summed E-state index contributed by atoms with van der Waals surface area (Å²) >= 11 is 18.3. The number of carbonyl (C=O) groups excluding carboxylic acids is 1. The first-order valence-electron chi connectivity index (χ1n) is 7.35. The number of aliphatic hydroxyl groups is 1. The average Bonchev–Trinajstić information content (AvgIpc) is 2.98. The molecule has 1 aromatic carbocycles. The Hall–Kier alpha value is -1.09. The summed E-state index contributed by atoms with van der Waals surface area (Å²) in [6, 6.07) is 3.15. The molecule has 7 nitrogen and oxygen atoms in total. The SMILES string of the molecule is COC[C@H]1O[C@@H](n2c(Cl)nc3cc(Cl)c(Cl)cc32)[C@H](O)[C@@H]1OC(C)=O. The molecule has 0 spiro atoms. The summed E-state index contributed by atoms with van der Waals surface area (Å²) in [5.41, 5.74) is 1.03. The molecular weight excluding hydrogens is 395 g/mol. The topological polar surface area (TPSA) is 82.8 Å². The van der Waals surface area contributed by atoms with Gasteiger partial charge in [-0.1, -0.05) is 23.2 Å². The molecule has 1 aliphatic rings. The van der Waals surface area contributed by atoms with E-state index in [4.69, 9.17) is 49.0 Å². The first kappa shape index (κ1) is 18.7. The summed E-state index contributed by atoms with van der Waals surface area (Å²) in [6.45, 7) is 1.38. The Labute approximate surface area is 158 Å². The zero-order chi connectivity index (χ0) is 18.3. The lowest BCUT2D eigenvalue weighted by Crippen LogP contribution is -2.37. The van der Waals surface area contributed by atoms with E-state index >= 15 is 0 Å². The molecule has 2 heterocycles.